The van der Waals surface area contributed by atoms with E-state index in [1.165, 1.54) is 19.3 Å². The van der Waals surface area contributed by atoms with E-state index in [4.69, 9.17) is 0 Å². The first-order valence-corrected chi connectivity index (χ1v) is 8.59. The van der Waals surface area contributed by atoms with E-state index in [1.54, 1.807) is 0 Å². The predicted molar refractivity (Wildman–Crippen MR) is 86.2 cm³/mol. The third-order valence-corrected chi connectivity index (χ3v) is 5.02. The largest absolute Gasteiger partial charge is 0.354 e. The molecule has 1 aromatic heterocycles. The fourth-order valence-corrected chi connectivity index (χ4v) is 3.59. The van der Waals surface area contributed by atoms with Gasteiger partial charge in [-0.05, 0) is 19.8 Å². The van der Waals surface area contributed by atoms with Crippen LogP contribution in [-0.2, 0) is 16.0 Å². The first-order chi connectivity index (χ1) is 12.4. The Hall–Kier alpha value is -2.52. The number of imidazole rings is 1. The number of hydrogen-bond acceptors (Lipinski definition) is 4. The first kappa shape index (κ1) is 18.3. The Morgan fingerprint density at radius 2 is 2.08 bits per heavy atom. The maximum absolute atomic E-state index is 12.8. The van der Waals surface area contributed by atoms with Gasteiger partial charge in [-0.15, -0.1) is 0 Å². The number of alkyl halides is 2. The highest BCUT2D eigenvalue weighted by Crippen LogP contribution is 2.35. The van der Waals surface area contributed by atoms with Crippen molar-refractivity contribution in [3.63, 3.8) is 0 Å². The van der Waals surface area contributed by atoms with Crippen molar-refractivity contribution >= 4 is 17.8 Å². The number of nitrogens with one attached hydrogen (secondary N) is 2. The predicted octanol–water partition coefficient (Wildman–Crippen LogP) is 1.19. The number of rotatable bonds is 6. The number of aromatic nitrogens is 2. The van der Waals surface area contributed by atoms with E-state index >= 15 is 0 Å². The van der Waals surface area contributed by atoms with Crippen LogP contribution in [0, 0.1) is 0 Å². The van der Waals surface area contributed by atoms with Crippen LogP contribution in [0.4, 0.5) is 13.6 Å². The summed E-state index contributed by atoms with van der Waals surface area (Å²) < 4.78 is 26.2. The van der Waals surface area contributed by atoms with E-state index < -0.39 is 30.1 Å². The number of carbonyl (C=O) groups excluding carboxylic acids is 3. The van der Waals surface area contributed by atoms with Gasteiger partial charge in [0.15, 0.2) is 0 Å². The summed E-state index contributed by atoms with van der Waals surface area (Å²) in [5, 5.41) is 5.30. The monoisotopic (exact) mass is 369 g/mol. The fourth-order valence-electron chi connectivity index (χ4n) is 3.59. The molecule has 1 saturated carbocycles. The lowest BCUT2D eigenvalue weighted by molar-refractivity contribution is -0.137. The average molecular weight is 369 g/mol. The molecule has 0 radical (unpaired) electrons. The number of imide groups is 1. The summed E-state index contributed by atoms with van der Waals surface area (Å²) in [6.07, 6.45) is 5.42. The first-order valence-electron chi connectivity index (χ1n) is 8.59. The molecule has 1 saturated heterocycles. The normalized spacial score (nSPS) is 20.1. The molecule has 8 nitrogen and oxygen atoms in total. The van der Waals surface area contributed by atoms with Crippen LogP contribution in [0.2, 0.25) is 0 Å². The highest BCUT2D eigenvalue weighted by molar-refractivity contribution is 6.09. The molecule has 1 unspecified atom stereocenters. The lowest BCUT2D eigenvalue weighted by Gasteiger charge is -2.23. The van der Waals surface area contributed by atoms with Crippen LogP contribution in [0.1, 0.15) is 45.0 Å². The highest BCUT2D eigenvalue weighted by atomic mass is 19.3. The van der Waals surface area contributed by atoms with Crippen molar-refractivity contribution in [1.82, 2.24) is 25.1 Å². The summed E-state index contributed by atoms with van der Waals surface area (Å²) in [5.74, 6) is -0.734. The van der Waals surface area contributed by atoms with Crippen molar-refractivity contribution in [2.75, 3.05) is 6.54 Å². The van der Waals surface area contributed by atoms with Crippen LogP contribution in [0.15, 0.2) is 12.4 Å². The molecule has 1 atom stereocenters. The summed E-state index contributed by atoms with van der Waals surface area (Å²) in [6.45, 7) is -1.15. The summed E-state index contributed by atoms with van der Waals surface area (Å²) in [5.41, 5.74) is -0.867. The quantitative estimate of drug-likeness (QED) is 0.736. The second-order valence-corrected chi connectivity index (χ2v) is 6.64. The van der Waals surface area contributed by atoms with Gasteiger partial charge < -0.3 is 10.6 Å². The van der Waals surface area contributed by atoms with Crippen molar-refractivity contribution in [3.8, 4) is 0 Å². The Bertz CT molecular complexity index is 714. The van der Waals surface area contributed by atoms with Gasteiger partial charge in [0.05, 0.1) is 0 Å². The topological polar surface area (TPSA) is 96.3 Å². The molecule has 2 fully saturated rings. The van der Waals surface area contributed by atoms with Gasteiger partial charge in [0, 0.05) is 25.4 Å². The molecule has 1 aliphatic heterocycles. The van der Waals surface area contributed by atoms with Gasteiger partial charge in [-0.3, -0.25) is 14.2 Å². The van der Waals surface area contributed by atoms with E-state index in [9.17, 15) is 23.2 Å². The number of nitrogens with zero attached hydrogens (tertiary/aromatic N) is 3. The van der Waals surface area contributed by atoms with Crippen LogP contribution < -0.4 is 10.6 Å². The molecule has 1 aromatic rings. The molecule has 1 spiro atoms. The molecule has 0 bridgehead atoms. The molecule has 2 N–H and O–H groups in total. The van der Waals surface area contributed by atoms with Gasteiger partial charge in [0.25, 0.3) is 5.91 Å². The molecular formula is C16H21F2N5O3. The molecule has 10 heteroatoms. The number of hydrogen-bond donors (Lipinski definition) is 2. The molecule has 3 rings (SSSR count). The zero-order valence-electron chi connectivity index (χ0n) is 14.4. The Morgan fingerprint density at radius 1 is 1.38 bits per heavy atom. The third-order valence-electron chi connectivity index (χ3n) is 5.02. The Balaban J connectivity index is 1.57. The molecule has 26 heavy (non-hydrogen) atoms. The molecule has 2 aliphatic rings. The number of halogens is 2. The lowest BCUT2D eigenvalue weighted by atomic mass is 9.97. The highest BCUT2D eigenvalue weighted by Gasteiger charge is 2.54. The van der Waals surface area contributed by atoms with Crippen molar-refractivity contribution in [3.05, 3.63) is 18.2 Å². The van der Waals surface area contributed by atoms with Crippen molar-refractivity contribution in [2.45, 2.75) is 57.2 Å². The van der Waals surface area contributed by atoms with Gasteiger partial charge >= 0.3 is 12.6 Å². The van der Waals surface area contributed by atoms with Crippen molar-refractivity contribution < 1.29 is 23.2 Å². The third kappa shape index (κ3) is 3.15. The van der Waals surface area contributed by atoms with E-state index in [1.807, 2.05) is 0 Å². The number of carbonyl (C=O) groups is 3. The Kier molecular flexibility index (Phi) is 4.92. The molecule has 142 valence electrons. The maximum Gasteiger partial charge on any atom is 0.325 e. The van der Waals surface area contributed by atoms with E-state index in [0.29, 0.717) is 12.8 Å². The number of urea groups is 1. The van der Waals surface area contributed by atoms with Gasteiger partial charge in [-0.25, -0.2) is 14.7 Å². The zero-order chi connectivity index (χ0) is 18.9. The van der Waals surface area contributed by atoms with Crippen molar-refractivity contribution in [2.24, 2.45) is 0 Å². The van der Waals surface area contributed by atoms with Crippen molar-refractivity contribution in [1.29, 1.82) is 0 Å². The molecule has 0 aromatic carbocycles. The molecule has 4 amide bonds. The smallest absolute Gasteiger partial charge is 0.325 e. The van der Waals surface area contributed by atoms with Crippen LogP contribution in [0.3, 0.4) is 0 Å². The van der Waals surface area contributed by atoms with Gasteiger partial charge in [-0.1, -0.05) is 12.8 Å². The molecule has 1 aliphatic carbocycles. The fraction of sp³-hybridized carbons (Fsp3) is 0.625. The zero-order valence-corrected chi connectivity index (χ0v) is 14.4. The minimum Gasteiger partial charge on any atom is -0.354 e. The minimum atomic E-state index is -2.70. The SMILES string of the molecule is CC(C(=O)NCCc1nccn1C(F)F)N1C(=O)NC2(CCCC2)C1=O. The van der Waals surface area contributed by atoms with Crippen LogP contribution in [-0.4, -0.2) is 50.4 Å². The van der Waals surface area contributed by atoms with Crippen LogP contribution in [0.25, 0.3) is 0 Å². The minimum absolute atomic E-state index is 0.0711. The Labute approximate surface area is 148 Å². The van der Waals surface area contributed by atoms with Crippen LogP contribution >= 0.6 is 0 Å². The summed E-state index contributed by atoms with van der Waals surface area (Å²) in [4.78, 5) is 41.9. The standard InChI is InChI=1S/C16H21F2N5O3/c1-10(23-13(25)16(21-15(23)26)5-2-3-6-16)12(24)20-7-4-11-19-8-9-22(11)14(17)18/h8-10,14H,2-7H2,1H3,(H,20,24)(H,21,26). The van der Waals surface area contributed by atoms with Gasteiger partial charge in [-0.2, -0.15) is 8.78 Å². The van der Waals surface area contributed by atoms with Gasteiger partial charge in [0.2, 0.25) is 5.91 Å². The number of amides is 4. The summed E-state index contributed by atoms with van der Waals surface area (Å²) in [7, 11) is 0. The van der Waals surface area contributed by atoms with Crippen LogP contribution in [0.5, 0.6) is 0 Å². The molecular weight excluding hydrogens is 348 g/mol. The summed E-state index contributed by atoms with van der Waals surface area (Å²) >= 11 is 0. The molecule has 2 heterocycles. The summed E-state index contributed by atoms with van der Waals surface area (Å²) in [6, 6.07) is -1.54. The Morgan fingerprint density at radius 3 is 2.73 bits per heavy atom. The lowest BCUT2D eigenvalue weighted by Crippen LogP contribution is -2.50. The average Bonchev–Trinajstić information content (AvgIpc) is 3.29. The van der Waals surface area contributed by atoms with E-state index in [-0.39, 0.29) is 24.7 Å². The second-order valence-electron chi connectivity index (χ2n) is 6.64. The van der Waals surface area contributed by atoms with E-state index in [0.717, 1.165) is 22.3 Å². The van der Waals surface area contributed by atoms with E-state index in [2.05, 4.69) is 15.6 Å². The maximum atomic E-state index is 12.8. The second kappa shape index (κ2) is 7.00. The van der Waals surface area contributed by atoms with Gasteiger partial charge in [0.1, 0.15) is 17.4 Å².